The molecule has 2 rings (SSSR count). The number of aryl methyl sites for hydroxylation is 1. The van der Waals surface area contributed by atoms with Crippen LogP contribution in [-0.2, 0) is 9.53 Å². The third-order valence-corrected chi connectivity index (χ3v) is 4.82. The second-order valence-electron chi connectivity index (χ2n) is 6.59. The molecule has 0 radical (unpaired) electrons. The molecule has 1 aromatic rings. The fraction of sp³-hybridized carbons (Fsp3) is 0.611. The average Bonchev–Trinajstić information content (AvgIpc) is 2.57. The number of piperidine rings is 1. The van der Waals surface area contributed by atoms with Crippen molar-refractivity contribution in [3.8, 4) is 5.75 Å². The van der Waals surface area contributed by atoms with Gasteiger partial charge in [0.15, 0.2) is 6.10 Å². The highest BCUT2D eigenvalue weighted by Gasteiger charge is 2.33. The van der Waals surface area contributed by atoms with Gasteiger partial charge in [-0.05, 0) is 57.5 Å². The number of hydrogen-bond acceptors (Lipinski definition) is 4. The van der Waals surface area contributed by atoms with Crippen molar-refractivity contribution in [2.75, 3.05) is 33.4 Å². The zero-order valence-corrected chi connectivity index (χ0v) is 16.6. The molecule has 0 aliphatic carbocycles. The van der Waals surface area contributed by atoms with Gasteiger partial charge in [0, 0.05) is 19.1 Å². The number of methoxy groups -OCH3 is 1. The van der Waals surface area contributed by atoms with Crippen LogP contribution in [0.3, 0.4) is 0 Å². The lowest BCUT2D eigenvalue weighted by Gasteiger charge is -2.37. The minimum atomic E-state index is -0.606. The maximum absolute atomic E-state index is 12.4. The number of amides is 1. The van der Waals surface area contributed by atoms with Crippen LogP contribution in [0.25, 0.3) is 0 Å². The zero-order valence-electron chi connectivity index (χ0n) is 15.1. The van der Waals surface area contributed by atoms with Gasteiger partial charge >= 0.3 is 0 Å². The molecule has 142 valence electrons. The molecule has 1 aliphatic heterocycles. The van der Waals surface area contributed by atoms with E-state index in [0.717, 1.165) is 31.5 Å². The summed E-state index contributed by atoms with van der Waals surface area (Å²) in [6.45, 7) is 6.83. The summed E-state index contributed by atoms with van der Waals surface area (Å²) in [5, 5.41) is 6.87. The first-order chi connectivity index (χ1) is 11.5. The zero-order chi connectivity index (χ0) is 17.6. The van der Waals surface area contributed by atoms with Crippen molar-refractivity contribution in [2.45, 2.75) is 32.8 Å². The Bertz CT molecular complexity index is 558. The van der Waals surface area contributed by atoms with Crippen LogP contribution in [0.15, 0.2) is 18.2 Å². The fourth-order valence-corrected chi connectivity index (χ4v) is 3.16. The summed E-state index contributed by atoms with van der Waals surface area (Å²) < 4.78 is 11.1. The molecule has 1 atom stereocenters. The Morgan fingerprint density at radius 1 is 1.40 bits per heavy atom. The molecule has 1 unspecified atom stereocenters. The highest BCUT2D eigenvalue weighted by atomic mass is 35.5. The minimum absolute atomic E-state index is 0. The Hall–Kier alpha value is -1.01. The van der Waals surface area contributed by atoms with Gasteiger partial charge in [-0.15, -0.1) is 12.4 Å². The molecule has 2 N–H and O–H groups in total. The van der Waals surface area contributed by atoms with E-state index in [1.165, 1.54) is 0 Å². The number of hydrogen-bond donors (Lipinski definition) is 2. The Kier molecular flexibility index (Phi) is 9.00. The number of rotatable bonds is 7. The highest BCUT2D eigenvalue weighted by Crippen LogP contribution is 2.29. The van der Waals surface area contributed by atoms with Crippen molar-refractivity contribution in [1.29, 1.82) is 0 Å². The third kappa shape index (κ3) is 6.33. The maximum Gasteiger partial charge on any atom is 0.260 e. The normalized spacial score (nSPS) is 17.3. The standard InChI is InChI=1S/C18H27ClN2O3.ClH/c1-13-4-5-15(19)16(10-13)24-14(2)17(22)21-11-18(12-23-3)6-8-20-9-7-18;/h4-5,10,14,20H,6-9,11-12H2,1-3H3,(H,21,22);1H. The summed E-state index contributed by atoms with van der Waals surface area (Å²) in [7, 11) is 1.71. The molecule has 0 saturated carbocycles. The van der Waals surface area contributed by atoms with E-state index in [1.807, 2.05) is 19.1 Å². The monoisotopic (exact) mass is 390 g/mol. The van der Waals surface area contributed by atoms with Gasteiger partial charge in [-0.2, -0.15) is 0 Å². The van der Waals surface area contributed by atoms with Crippen molar-refractivity contribution in [1.82, 2.24) is 10.6 Å². The maximum atomic E-state index is 12.4. The van der Waals surface area contributed by atoms with E-state index >= 15 is 0 Å². The van der Waals surface area contributed by atoms with Gasteiger partial charge in [0.05, 0.1) is 11.6 Å². The van der Waals surface area contributed by atoms with Gasteiger partial charge in [-0.3, -0.25) is 4.79 Å². The van der Waals surface area contributed by atoms with Gasteiger partial charge in [-0.1, -0.05) is 17.7 Å². The molecule has 0 bridgehead atoms. The number of carbonyl (C=O) groups excluding carboxylic acids is 1. The van der Waals surface area contributed by atoms with Crippen LogP contribution >= 0.6 is 24.0 Å². The first kappa shape index (κ1) is 22.0. The Labute approximate surface area is 161 Å². The summed E-state index contributed by atoms with van der Waals surface area (Å²) >= 11 is 6.13. The molecule has 1 aliphatic rings. The molecule has 0 spiro atoms. The fourth-order valence-electron chi connectivity index (χ4n) is 3.00. The van der Waals surface area contributed by atoms with Gasteiger partial charge in [-0.25, -0.2) is 0 Å². The van der Waals surface area contributed by atoms with Crippen LogP contribution in [0, 0.1) is 12.3 Å². The molecule has 25 heavy (non-hydrogen) atoms. The van der Waals surface area contributed by atoms with Gasteiger partial charge in [0.25, 0.3) is 5.91 Å². The van der Waals surface area contributed by atoms with Crippen molar-refractivity contribution in [3.05, 3.63) is 28.8 Å². The SMILES string of the molecule is COCC1(CNC(=O)C(C)Oc2cc(C)ccc2Cl)CCNCC1.Cl. The topological polar surface area (TPSA) is 59.6 Å². The summed E-state index contributed by atoms with van der Waals surface area (Å²) in [6, 6.07) is 5.52. The Morgan fingerprint density at radius 2 is 2.08 bits per heavy atom. The third-order valence-electron chi connectivity index (χ3n) is 4.51. The lowest BCUT2D eigenvalue weighted by molar-refractivity contribution is -0.128. The van der Waals surface area contributed by atoms with Crippen LogP contribution in [0.1, 0.15) is 25.3 Å². The van der Waals surface area contributed by atoms with E-state index in [1.54, 1.807) is 20.1 Å². The minimum Gasteiger partial charge on any atom is -0.479 e. The van der Waals surface area contributed by atoms with Crippen LogP contribution in [0.4, 0.5) is 0 Å². The van der Waals surface area contributed by atoms with Crippen LogP contribution < -0.4 is 15.4 Å². The quantitative estimate of drug-likeness (QED) is 0.751. The largest absolute Gasteiger partial charge is 0.479 e. The van der Waals surface area contributed by atoms with E-state index in [4.69, 9.17) is 21.1 Å². The highest BCUT2D eigenvalue weighted by molar-refractivity contribution is 6.32. The number of halogens is 2. The number of carbonyl (C=O) groups is 1. The molecule has 5 nitrogen and oxygen atoms in total. The summed E-state index contributed by atoms with van der Waals surface area (Å²) in [5.74, 6) is 0.398. The van der Waals surface area contributed by atoms with E-state index in [-0.39, 0.29) is 23.7 Å². The first-order valence-corrected chi connectivity index (χ1v) is 8.74. The van der Waals surface area contributed by atoms with E-state index in [9.17, 15) is 4.79 Å². The van der Waals surface area contributed by atoms with Crippen molar-refractivity contribution in [2.24, 2.45) is 5.41 Å². The first-order valence-electron chi connectivity index (χ1n) is 8.36. The van der Waals surface area contributed by atoms with Crippen LogP contribution in [0.5, 0.6) is 5.75 Å². The lowest BCUT2D eigenvalue weighted by atomic mass is 9.79. The van der Waals surface area contributed by atoms with Crippen molar-refractivity contribution >= 4 is 29.9 Å². The predicted octanol–water partition coefficient (Wildman–Crippen LogP) is 2.97. The van der Waals surface area contributed by atoms with Crippen LogP contribution in [-0.4, -0.2) is 45.4 Å². The predicted molar refractivity (Wildman–Crippen MR) is 103 cm³/mol. The number of benzene rings is 1. The molecule has 1 fully saturated rings. The molecular weight excluding hydrogens is 363 g/mol. The summed E-state index contributed by atoms with van der Waals surface area (Å²) in [5.41, 5.74) is 1.03. The lowest BCUT2D eigenvalue weighted by Crippen LogP contribution is -2.49. The molecule has 1 saturated heterocycles. The smallest absolute Gasteiger partial charge is 0.260 e. The van der Waals surface area contributed by atoms with Crippen molar-refractivity contribution < 1.29 is 14.3 Å². The van der Waals surface area contributed by atoms with E-state index < -0.39 is 6.10 Å². The molecule has 1 heterocycles. The van der Waals surface area contributed by atoms with Gasteiger partial charge in [0.1, 0.15) is 5.75 Å². The Morgan fingerprint density at radius 3 is 2.72 bits per heavy atom. The molecule has 1 amide bonds. The second kappa shape index (κ2) is 10.2. The molecule has 0 aromatic heterocycles. The van der Waals surface area contributed by atoms with Crippen molar-refractivity contribution in [3.63, 3.8) is 0 Å². The van der Waals surface area contributed by atoms with Gasteiger partial charge in [0.2, 0.25) is 0 Å². The number of nitrogens with one attached hydrogen (secondary N) is 2. The van der Waals surface area contributed by atoms with Crippen LogP contribution in [0.2, 0.25) is 5.02 Å². The Balaban J connectivity index is 0.00000312. The summed E-state index contributed by atoms with van der Waals surface area (Å²) in [4.78, 5) is 12.4. The number of ether oxygens (including phenoxy) is 2. The van der Waals surface area contributed by atoms with E-state index in [0.29, 0.717) is 23.9 Å². The average molecular weight is 391 g/mol. The molecule has 1 aromatic carbocycles. The van der Waals surface area contributed by atoms with E-state index in [2.05, 4.69) is 10.6 Å². The second-order valence-corrected chi connectivity index (χ2v) is 7.00. The van der Waals surface area contributed by atoms with Gasteiger partial charge < -0.3 is 20.1 Å². The molecule has 7 heteroatoms. The molecular formula is C18H28Cl2N2O3. The summed E-state index contributed by atoms with van der Waals surface area (Å²) in [6.07, 6.45) is 1.37.